The molecule has 14 heavy (non-hydrogen) atoms. The van der Waals surface area contributed by atoms with E-state index in [2.05, 4.69) is 39.8 Å². The Labute approximate surface area is 89.1 Å². The third-order valence-corrected chi connectivity index (χ3v) is 3.82. The average molecular weight is 192 g/mol. The molecule has 0 amide bonds. The molecule has 80 valence electrons. The topological polar surface area (TPSA) is 0 Å². The molecule has 0 heteroatoms. The standard InChI is InChI=1S/C14H24/c1-5-11-14(6-2,7-3)13-10-8-9-12(13)4/h8,10H,5-7,9,11H2,1-4H3. The number of hydrogen-bond donors (Lipinski definition) is 0. The van der Waals surface area contributed by atoms with Crippen molar-refractivity contribution < 1.29 is 0 Å². The van der Waals surface area contributed by atoms with E-state index in [1.807, 2.05) is 0 Å². The summed E-state index contributed by atoms with van der Waals surface area (Å²) in [5.41, 5.74) is 3.72. The van der Waals surface area contributed by atoms with Gasteiger partial charge >= 0.3 is 0 Å². The molecular weight excluding hydrogens is 168 g/mol. The second-order valence-corrected chi connectivity index (χ2v) is 4.54. The highest BCUT2D eigenvalue weighted by atomic mass is 14.3. The van der Waals surface area contributed by atoms with E-state index in [1.54, 1.807) is 11.1 Å². The predicted octanol–water partition coefficient (Wildman–Crippen LogP) is 4.87. The summed E-state index contributed by atoms with van der Waals surface area (Å²) in [6, 6.07) is 0. The first kappa shape index (κ1) is 11.6. The van der Waals surface area contributed by atoms with Crippen LogP contribution in [0.3, 0.4) is 0 Å². The number of rotatable bonds is 5. The van der Waals surface area contributed by atoms with E-state index in [9.17, 15) is 0 Å². The fourth-order valence-electron chi connectivity index (χ4n) is 2.83. The predicted molar refractivity (Wildman–Crippen MR) is 64.4 cm³/mol. The molecule has 0 fully saturated rings. The van der Waals surface area contributed by atoms with Gasteiger partial charge in [-0.15, -0.1) is 0 Å². The minimum atomic E-state index is 0.478. The van der Waals surface area contributed by atoms with Crippen LogP contribution in [0.15, 0.2) is 23.3 Å². The van der Waals surface area contributed by atoms with Crippen molar-refractivity contribution in [3.8, 4) is 0 Å². The first-order chi connectivity index (χ1) is 6.70. The summed E-state index contributed by atoms with van der Waals surface area (Å²) in [4.78, 5) is 0. The highest BCUT2D eigenvalue weighted by Gasteiger charge is 2.30. The zero-order valence-electron chi connectivity index (χ0n) is 10.2. The lowest BCUT2D eigenvalue weighted by Gasteiger charge is -2.33. The van der Waals surface area contributed by atoms with Crippen molar-refractivity contribution in [2.24, 2.45) is 5.41 Å². The van der Waals surface area contributed by atoms with Crippen LogP contribution in [0.5, 0.6) is 0 Å². The molecule has 0 aromatic carbocycles. The lowest BCUT2D eigenvalue weighted by atomic mass is 9.71. The van der Waals surface area contributed by atoms with Crippen LogP contribution in [0.2, 0.25) is 0 Å². The highest BCUT2D eigenvalue weighted by Crippen LogP contribution is 2.44. The van der Waals surface area contributed by atoms with Crippen LogP contribution < -0.4 is 0 Å². The molecule has 0 heterocycles. The van der Waals surface area contributed by atoms with E-state index in [0.29, 0.717) is 5.41 Å². The monoisotopic (exact) mass is 192 g/mol. The van der Waals surface area contributed by atoms with Gasteiger partial charge in [0.1, 0.15) is 0 Å². The van der Waals surface area contributed by atoms with Gasteiger partial charge in [0.25, 0.3) is 0 Å². The molecule has 0 bridgehead atoms. The summed E-state index contributed by atoms with van der Waals surface area (Å²) >= 11 is 0. The molecule has 0 saturated heterocycles. The van der Waals surface area contributed by atoms with E-state index in [4.69, 9.17) is 0 Å². The molecule has 0 N–H and O–H groups in total. The Bertz CT molecular complexity index is 239. The number of allylic oxidation sites excluding steroid dienone is 4. The maximum Gasteiger partial charge on any atom is -0.00528 e. The maximum atomic E-state index is 2.37. The van der Waals surface area contributed by atoms with Crippen molar-refractivity contribution in [1.29, 1.82) is 0 Å². The Morgan fingerprint density at radius 3 is 2.21 bits per heavy atom. The Kier molecular flexibility index (Phi) is 3.97. The quantitative estimate of drug-likeness (QED) is 0.583. The largest absolute Gasteiger partial charge is 0.0802 e. The lowest BCUT2D eigenvalue weighted by Crippen LogP contribution is -2.21. The molecular formula is C14H24. The van der Waals surface area contributed by atoms with E-state index >= 15 is 0 Å². The van der Waals surface area contributed by atoms with Gasteiger partial charge in [-0.25, -0.2) is 0 Å². The second kappa shape index (κ2) is 4.82. The maximum absolute atomic E-state index is 2.37. The van der Waals surface area contributed by atoms with Crippen molar-refractivity contribution in [3.05, 3.63) is 23.3 Å². The van der Waals surface area contributed by atoms with Crippen molar-refractivity contribution >= 4 is 0 Å². The van der Waals surface area contributed by atoms with Crippen molar-refractivity contribution in [2.45, 2.75) is 59.8 Å². The van der Waals surface area contributed by atoms with E-state index in [-0.39, 0.29) is 0 Å². The third-order valence-electron chi connectivity index (χ3n) is 3.82. The Morgan fingerprint density at radius 1 is 1.21 bits per heavy atom. The minimum Gasteiger partial charge on any atom is -0.0802 e. The summed E-state index contributed by atoms with van der Waals surface area (Å²) in [7, 11) is 0. The summed E-state index contributed by atoms with van der Waals surface area (Å²) in [6.45, 7) is 9.27. The molecule has 1 aliphatic carbocycles. The summed E-state index contributed by atoms with van der Waals surface area (Å²) in [5, 5.41) is 0. The number of hydrogen-bond acceptors (Lipinski definition) is 0. The van der Waals surface area contributed by atoms with Crippen molar-refractivity contribution in [1.82, 2.24) is 0 Å². The van der Waals surface area contributed by atoms with Crippen LogP contribution >= 0.6 is 0 Å². The van der Waals surface area contributed by atoms with Crippen LogP contribution in [0.1, 0.15) is 59.8 Å². The van der Waals surface area contributed by atoms with Gasteiger partial charge in [-0.3, -0.25) is 0 Å². The van der Waals surface area contributed by atoms with E-state index in [0.717, 1.165) is 0 Å². The van der Waals surface area contributed by atoms with Crippen molar-refractivity contribution in [2.75, 3.05) is 0 Å². The highest BCUT2D eigenvalue weighted by molar-refractivity contribution is 5.38. The Morgan fingerprint density at radius 2 is 1.86 bits per heavy atom. The molecule has 0 aromatic rings. The van der Waals surface area contributed by atoms with E-state index < -0.39 is 0 Å². The zero-order chi connectivity index (χ0) is 10.6. The second-order valence-electron chi connectivity index (χ2n) is 4.54. The smallest absolute Gasteiger partial charge is 0.00528 e. The molecule has 0 nitrogen and oxygen atoms in total. The van der Waals surface area contributed by atoms with Gasteiger partial charge < -0.3 is 0 Å². The van der Waals surface area contributed by atoms with Gasteiger partial charge in [0, 0.05) is 0 Å². The molecule has 0 spiro atoms. The minimum absolute atomic E-state index is 0.478. The molecule has 0 aromatic heterocycles. The van der Waals surface area contributed by atoms with Crippen LogP contribution in [0.4, 0.5) is 0 Å². The van der Waals surface area contributed by atoms with Gasteiger partial charge in [-0.1, -0.05) is 44.9 Å². The first-order valence-corrected chi connectivity index (χ1v) is 6.07. The fraction of sp³-hybridized carbons (Fsp3) is 0.714. The molecule has 1 aliphatic rings. The van der Waals surface area contributed by atoms with Gasteiger partial charge in [0.05, 0.1) is 0 Å². The lowest BCUT2D eigenvalue weighted by molar-refractivity contribution is 0.303. The Balaban J connectivity index is 2.96. The zero-order valence-corrected chi connectivity index (χ0v) is 10.2. The summed E-state index contributed by atoms with van der Waals surface area (Å²) in [5.74, 6) is 0. The van der Waals surface area contributed by atoms with Gasteiger partial charge in [0.2, 0.25) is 0 Å². The summed E-state index contributed by atoms with van der Waals surface area (Å²) in [6.07, 6.45) is 11.1. The van der Waals surface area contributed by atoms with Crippen LogP contribution in [0.25, 0.3) is 0 Å². The molecule has 0 atom stereocenters. The molecule has 0 aliphatic heterocycles. The van der Waals surface area contributed by atoms with Crippen LogP contribution in [-0.4, -0.2) is 0 Å². The molecule has 0 saturated carbocycles. The molecule has 0 unspecified atom stereocenters. The van der Waals surface area contributed by atoms with Crippen LogP contribution in [-0.2, 0) is 0 Å². The van der Waals surface area contributed by atoms with Crippen molar-refractivity contribution in [3.63, 3.8) is 0 Å². The fourth-order valence-corrected chi connectivity index (χ4v) is 2.83. The normalized spacial score (nSPS) is 16.9. The average Bonchev–Trinajstić information content (AvgIpc) is 2.62. The summed E-state index contributed by atoms with van der Waals surface area (Å²) < 4.78 is 0. The van der Waals surface area contributed by atoms with Crippen LogP contribution in [0, 0.1) is 5.41 Å². The van der Waals surface area contributed by atoms with Gasteiger partial charge in [-0.2, -0.15) is 0 Å². The SMILES string of the molecule is CCCC(CC)(CC)C1=C(C)CC=C1. The van der Waals surface area contributed by atoms with Gasteiger partial charge in [0.15, 0.2) is 0 Å². The van der Waals surface area contributed by atoms with E-state index in [1.165, 1.54) is 32.1 Å². The first-order valence-electron chi connectivity index (χ1n) is 6.07. The molecule has 0 radical (unpaired) electrons. The molecule has 1 rings (SSSR count). The third kappa shape index (κ3) is 1.94. The Hall–Kier alpha value is -0.520. The van der Waals surface area contributed by atoms with Gasteiger partial charge in [-0.05, 0) is 43.6 Å².